The maximum absolute atomic E-state index is 10.6. The molecule has 0 radical (unpaired) electrons. The maximum atomic E-state index is 10.6. The van der Waals surface area contributed by atoms with Crippen molar-refractivity contribution in [3.05, 3.63) is 30.0 Å². The first kappa shape index (κ1) is 14.0. The Labute approximate surface area is 115 Å². The highest BCUT2D eigenvalue weighted by Crippen LogP contribution is 2.24. The van der Waals surface area contributed by atoms with Crippen molar-refractivity contribution in [1.82, 2.24) is 15.3 Å². The maximum Gasteiger partial charge on any atom is 0.404 e. The molecule has 7 heteroatoms. The number of ether oxygens (including phenoxy) is 1. The van der Waals surface area contributed by atoms with E-state index in [1.807, 2.05) is 0 Å². The molecule has 2 heterocycles. The summed E-state index contributed by atoms with van der Waals surface area (Å²) in [6.07, 6.45) is 0.474. The normalized spacial score (nSPS) is 12.1. The molecular weight excluding hydrogens is 262 g/mol. The molecule has 2 aromatic heterocycles. The zero-order valence-electron chi connectivity index (χ0n) is 10.9. The Hall–Kier alpha value is -2.41. The van der Waals surface area contributed by atoms with Crippen LogP contribution in [0, 0.1) is 0 Å². The lowest BCUT2D eigenvalue weighted by Gasteiger charge is -2.16. The van der Waals surface area contributed by atoms with Gasteiger partial charge in [-0.25, -0.2) is 9.78 Å². The molecule has 7 nitrogen and oxygen atoms in total. The van der Waals surface area contributed by atoms with Crippen molar-refractivity contribution in [3.63, 3.8) is 0 Å². The standard InChI is InChI=1S/C13H15N3O4/c1-20-11-3-2-10-12(16-11)9(4-5-14-10)8(7-17)6-15-13(18)19/h2-5,8,15,17H,6-7H2,1H3,(H,18,19)/t8-/m1/s1. The number of pyridine rings is 2. The molecule has 0 aliphatic carbocycles. The summed E-state index contributed by atoms with van der Waals surface area (Å²) in [5.74, 6) is 0.0471. The molecule has 0 spiro atoms. The number of hydrogen-bond donors (Lipinski definition) is 3. The molecule has 1 amide bonds. The number of carboxylic acid groups (broad SMARTS) is 1. The Balaban J connectivity index is 2.42. The Morgan fingerprint density at radius 3 is 2.90 bits per heavy atom. The summed E-state index contributed by atoms with van der Waals surface area (Å²) in [4.78, 5) is 19.1. The third-order valence-corrected chi connectivity index (χ3v) is 2.96. The number of rotatable bonds is 5. The fourth-order valence-corrected chi connectivity index (χ4v) is 1.95. The van der Waals surface area contributed by atoms with Gasteiger partial charge in [-0.05, 0) is 17.7 Å². The van der Waals surface area contributed by atoms with Gasteiger partial charge in [-0.2, -0.15) is 0 Å². The van der Waals surface area contributed by atoms with Crippen molar-refractivity contribution in [2.45, 2.75) is 5.92 Å². The van der Waals surface area contributed by atoms with Crippen LogP contribution in [0.15, 0.2) is 24.4 Å². The first-order valence-corrected chi connectivity index (χ1v) is 6.03. The number of aliphatic hydroxyl groups excluding tert-OH is 1. The molecule has 2 rings (SSSR count). The number of amides is 1. The van der Waals surface area contributed by atoms with Crippen LogP contribution in [0.25, 0.3) is 11.0 Å². The highest BCUT2D eigenvalue weighted by Gasteiger charge is 2.16. The van der Waals surface area contributed by atoms with Crippen LogP contribution >= 0.6 is 0 Å². The fraction of sp³-hybridized carbons (Fsp3) is 0.308. The molecule has 0 saturated heterocycles. The molecule has 2 aromatic rings. The molecule has 3 N–H and O–H groups in total. The van der Waals surface area contributed by atoms with E-state index in [-0.39, 0.29) is 13.2 Å². The lowest BCUT2D eigenvalue weighted by atomic mass is 9.99. The Morgan fingerprint density at radius 2 is 2.25 bits per heavy atom. The average Bonchev–Trinajstić information content (AvgIpc) is 2.47. The van der Waals surface area contributed by atoms with Gasteiger partial charge in [0.2, 0.25) is 5.88 Å². The van der Waals surface area contributed by atoms with Crippen molar-refractivity contribution in [3.8, 4) is 5.88 Å². The first-order valence-electron chi connectivity index (χ1n) is 6.03. The van der Waals surface area contributed by atoms with E-state index in [0.29, 0.717) is 16.9 Å². The molecule has 0 bridgehead atoms. The van der Waals surface area contributed by atoms with Gasteiger partial charge >= 0.3 is 6.09 Å². The lowest BCUT2D eigenvalue weighted by Crippen LogP contribution is -2.28. The SMILES string of the molecule is COc1ccc2nccc([C@@H](CO)CNC(=O)O)c2n1. The van der Waals surface area contributed by atoms with E-state index in [4.69, 9.17) is 9.84 Å². The van der Waals surface area contributed by atoms with Gasteiger partial charge < -0.3 is 20.3 Å². The summed E-state index contributed by atoms with van der Waals surface area (Å²) in [5, 5.41) is 20.4. The molecule has 20 heavy (non-hydrogen) atoms. The number of aliphatic hydroxyl groups is 1. The fourth-order valence-electron chi connectivity index (χ4n) is 1.95. The highest BCUT2D eigenvalue weighted by atomic mass is 16.5. The van der Waals surface area contributed by atoms with Gasteiger partial charge in [-0.3, -0.25) is 4.98 Å². The highest BCUT2D eigenvalue weighted by molar-refractivity contribution is 5.79. The van der Waals surface area contributed by atoms with E-state index < -0.39 is 12.0 Å². The topological polar surface area (TPSA) is 105 Å². The second kappa shape index (κ2) is 6.16. The predicted molar refractivity (Wildman–Crippen MR) is 71.9 cm³/mol. The summed E-state index contributed by atoms with van der Waals surface area (Å²) in [6.45, 7) is -0.0951. The van der Waals surface area contributed by atoms with Gasteiger partial charge in [0.25, 0.3) is 0 Å². The van der Waals surface area contributed by atoms with Gasteiger partial charge in [-0.15, -0.1) is 0 Å². The molecule has 0 saturated carbocycles. The third kappa shape index (κ3) is 2.94. The Morgan fingerprint density at radius 1 is 1.45 bits per heavy atom. The van der Waals surface area contributed by atoms with Gasteiger partial charge in [0, 0.05) is 24.7 Å². The lowest BCUT2D eigenvalue weighted by molar-refractivity contribution is 0.191. The molecule has 106 valence electrons. The minimum absolute atomic E-state index is 0.101. The van der Waals surface area contributed by atoms with E-state index >= 15 is 0 Å². The van der Waals surface area contributed by atoms with Gasteiger partial charge in [-0.1, -0.05) is 0 Å². The van der Waals surface area contributed by atoms with Crippen LogP contribution in [0.1, 0.15) is 11.5 Å². The largest absolute Gasteiger partial charge is 0.481 e. The third-order valence-electron chi connectivity index (χ3n) is 2.96. The molecule has 0 unspecified atom stereocenters. The van der Waals surface area contributed by atoms with Gasteiger partial charge in [0.05, 0.1) is 24.8 Å². The second-order valence-corrected chi connectivity index (χ2v) is 4.19. The number of methoxy groups -OCH3 is 1. The molecular formula is C13H15N3O4. The Kier molecular flexibility index (Phi) is 4.31. The van der Waals surface area contributed by atoms with Crippen LogP contribution in [0.3, 0.4) is 0 Å². The predicted octanol–water partition coefficient (Wildman–Crippen LogP) is 0.982. The number of nitrogens with zero attached hydrogens (tertiary/aromatic N) is 2. The summed E-state index contributed by atoms with van der Waals surface area (Å²) >= 11 is 0. The van der Waals surface area contributed by atoms with E-state index in [9.17, 15) is 9.90 Å². The molecule has 0 aromatic carbocycles. The van der Waals surface area contributed by atoms with Crippen LogP contribution in [0.4, 0.5) is 4.79 Å². The van der Waals surface area contributed by atoms with Crippen LogP contribution in [-0.4, -0.2) is 46.5 Å². The molecule has 0 aliphatic rings. The summed E-state index contributed by atoms with van der Waals surface area (Å²) in [6, 6.07) is 5.19. The number of fused-ring (bicyclic) bond motifs is 1. The Bertz CT molecular complexity index is 618. The molecule has 1 atom stereocenters. The molecule has 0 aliphatic heterocycles. The van der Waals surface area contributed by atoms with E-state index in [1.54, 1.807) is 24.4 Å². The van der Waals surface area contributed by atoms with Gasteiger partial charge in [0.1, 0.15) is 0 Å². The van der Waals surface area contributed by atoms with Crippen molar-refractivity contribution in [1.29, 1.82) is 0 Å². The monoisotopic (exact) mass is 277 g/mol. The van der Waals surface area contributed by atoms with Crippen LogP contribution in [0.2, 0.25) is 0 Å². The van der Waals surface area contributed by atoms with E-state index in [0.717, 1.165) is 5.56 Å². The molecule has 0 fully saturated rings. The quantitative estimate of drug-likeness (QED) is 0.752. The zero-order chi connectivity index (χ0) is 14.5. The van der Waals surface area contributed by atoms with Crippen LogP contribution in [0.5, 0.6) is 5.88 Å². The second-order valence-electron chi connectivity index (χ2n) is 4.19. The van der Waals surface area contributed by atoms with Gasteiger partial charge in [0.15, 0.2) is 0 Å². The average molecular weight is 277 g/mol. The van der Waals surface area contributed by atoms with Crippen molar-refractivity contribution in [2.24, 2.45) is 0 Å². The van der Waals surface area contributed by atoms with Crippen LogP contribution < -0.4 is 10.1 Å². The van der Waals surface area contributed by atoms with E-state index in [1.165, 1.54) is 7.11 Å². The minimum Gasteiger partial charge on any atom is -0.481 e. The van der Waals surface area contributed by atoms with Crippen LogP contribution in [-0.2, 0) is 0 Å². The number of nitrogens with one attached hydrogen (secondary N) is 1. The van der Waals surface area contributed by atoms with Crippen molar-refractivity contribution < 1.29 is 19.7 Å². The first-order chi connectivity index (χ1) is 9.65. The van der Waals surface area contributed by atoms with E-state index in [2.05, 4.69) is 15.3 Å². The minimum atomic E-state index is -1.13. The summed E-state index contributed by atoms with van der Waals surface area (Å²) < 4.78 is 5.08. The number of aromatic nitrogens is 2. The zero-order valence-corrected chi connectivity index (χ0v) is 10.9. The van der Waals surface area contributed by atoms with Crippen molar-refractivity contribution >= 4 is 17.1 Å². The number of carbonyl (C=O) groups is 1. The summed E-state index contributed by atoms with van der Waals surface area (Å²) in [5.41, 5.74) is 1.99. The van der Waals surface area contributed by atoms with Crippen molar-refractivity contribution in [2.75, 3.05) is 20.3 Å². The number of hydrogen-bond acceptors (Lipinski definition) is 5. The smallest absolute Gasteiger partial charge is 0.404 e. The summed E-state index contributed by atoms with van der Waals surface area (Å²) in [7, 11) is 1.51.